The van der Waals surface area contributed by atoms with Crippen molar-refractivity contribution in [2.24, 2.45) is 23.2 Å². The van der Waals surface area contributed by atoms with Crippen molar-refractivity contribution < 1.29 is 0 Å². The summed E-state index contributed by atoms with van der Waals surface area (Å²) in [6.45, 7) is 11.8. The van der Waals surface area contributed by atoms with Gasteiger partial charge in [0.2, 0.25) is 0 Å². The largest absolute Gasteiger partial charge is 0.0625 e. The molecule has 60 valence electrons. The average molecular weight is 140 g/mol. The molecule has 0 bridgehead atoms. The van der Waals surface area contributed by atoms with Crippen LogP contribution in [0.4, 0.5) is 0 Å². The van der Waals surface area contributed by atoms with E-state index >= 15 is 0 Å². The van der Waals surface area contributed by atoms with E-state index in [-0.39, 0.29) is 0 Å². The molecule has 0 heteroatoms. The molecule has 1 fully saturated rings. The second-order valence-corrected chi connectivity index (χ2v) is 5.12. The van der Waals surface area contributed by atoms with E-state index < -0.39 is 0 Å². The van der Waals surface area contributed by atoms with E-state index in [0.717, 1.165) is 17.8 Å². The topological polar surface area (TPSA) is 0 Å². The molecule has 0 nitrogen and oxygen atoms in total. The predicted octanol–water partition coefficient (Wildman–Crippen LogP) is 3.32. The Morgan fingerprint density at radius 2 is 1.70 bits per heavy atom. The minimum absolute atomic E-state index is 0.564. The molecular weight excluding hydrogens is 120 g/mol. The van der Waals surface area contributed by atoms with Crippen LogP contribution in [0.2, 0.25) is 0 Å². The molecular formula is C10H20. The van der Waals surface area contributed by atoms with Crippen LogP contribution >= 0.6 is 0 Å². The van der Waals surface area contributed by atoms with Crippen molar-refractivity contribution in [3.63, 3.8) is 0 Å². The molecule has 0 spiro atoms. The summed E-state index contributed by atoms with van der Waals surface area (Å²) in [5.41, 5.74) is 0.564. The highest BCUT2D eigenvalue weighted by molar-refractivity contribution is 4.95. The first-order valence-electron chi connectivity index (χ1n) is 4.43. The molecule has 0 heterocycles. The smallest absolute Gasteiger partial charge is 0.0332 e. The van der Waals surface area contributed by atoms with Crippen molar-refractivity contribution in [1.29, 1.82) is 0 Å². The second kappa shape index (κ2) is 2.25. The Hall–Kier alpha value is 0. The van der Waals surface area contributed by atoms with Crippen LogP contribution in [-0.2, 0) is 0 Å². The molecule has 0 radical (unpaired) electrons. The molecule has 0 amide bonds. The van der Waals surface area contributed by atoms with E-state index in [1.54, 1.807) is 0 Å². The minimum Gasteiger partial charge on any atom is -0.0625 e. The lowest BCUT2D eigenvalue weighted by atomic mass is 9.87. The summed E-state index contributed by atoms with van der Waals surface area (Å²) < 4.78 is 0. The normalized spacial score (nSPS) is 33.0. The van der Waals surface area contributed by atoms with Crippen LogP contribution in [0.15, 0.2) is 0 Å². The van der Waals surface area contributed by atoms with Crippen LogP contribution in [0.5, 0.6) is 0 Å². The van der Waals surface area contributed by atoms with Crippen LogP contribution in [0, 0.1) is 23.2 Å². The lowest BCUT2D eigenvalue weighted by Crippen LogP contribution is -2.10. The molecule has 1 aliphatic rings. The van der Waals surface area contributed by atoms with Crippen molar-refractivity contribution in [1.82, 2.24) is 0 Å². The SMILES string of the molecule is CC(C)C1CC1C(C)(C)C. The monoisotopic (exact) mass is 140 g/mol. The van der Waals surface area contributed by atoms with Gasteiger partial charge < -0.3 is 0 Å². The van der Waals surface area contributed by atoms with Crippen molar-refractivity contribution in [2.45, 2.75) is 41.0 Å². The van der Waals surface area contributed by atoms with Gasteiger partial charge in [-0.15, -0.1) is 0 Å². The Morgan fingerprint density at radius 1 is 1.20 bits per heavy atom. The summed E-state index contributed by atoms with van der Waals surface area (Å²) in [5.74, 6) is 2.94. The molecule has 0 saturated heterocycles. The van der Waals surface area contributed by atoms with Crippen LogP contribution in [0.3, 0.4) is 0 Å². The molecule has 0 aliphatic heterocycles. The zero-order valence-electron chi connectivity index (χ0n) is 7.94. The Kier molecular flexibility index (Phi) is 1.82. The molecule has 1 aliphatic carbocycles. The van der Waals surface area contributed by atoms with E-state index in [0.29, 0.717) is 5.41 Å². The van der Waals surface area contributed by atoms with Crippen LogP contribution < -0.4 is 0 Å². The lowest BCUT2D eigenvalue weighted by molar-refractivity contribution is 0.309. The fourth-order valence-electron chi connectivity index (χ4n) is 1.95. The Labute approximate surface area is 65.0 Å². The first-order valence-corrected chi connectivity index (χ1v) is 4.43. The highest BCUT2D eigenvalue weighted by atomic mass is 14.5. The van der Waals surface area contributed by atoms with Gasteiger partial charge in [0.1, 0.15) is 0 Å². The maximum Gasteiger partial charge on any atom is -0.0332 e. The fraction of sp³-hybridized carbons (Fsp3) is 1.00. The van der Waals surface area contributed by atoms with Crippen LogP contribution in [-0.4, -0.2) is 0 Å². The third-order valence-electron chi connectivity index (χ3n) is 2.81. The van der Waals surface area contributed by atoms with Gasteiger partial charge in [-0.25, -0.2) is 0 Å². The molecule has 1 rings (SSSR count). The predicted molar refractivity (Wildman–Crippen MR) is 45.9 cm³/mol. The van der Waals surface area contributed by atoms with Gasteiger partial charge in [0.05, 0.1) is 0 Å². The van der Waals surface area contributed by atoms with E-state index in [1.165, 1.54) is 6.42 Å². The number of rotatable bonds is 1. The third-order valence-corrected chi connectivity index (χ3v) is 2.81. The van der Waals surface area contributed by atoms with Gasteiger partial charge in [-0.1, -0.05) is 34.6 Å². The molecule has 0 aromatic carbocycles. The fourth-order valence-corrected chi connectivity index (χ4v) is 1.95. The van der Waals surface area contributed by atoms with Gasteiger partial charge in [0.15, 0.2) is 0 Å². The van der Waals surface area contributed by atoms with Crippen molar-refractivity contribution in [3.8, 4) is 0 Å². The molecule has 10 heavy (non-hydrogen) atoms. The summed E-state index contributed by atoms with van der Waals surface area (Å²) in [7, 11) is 0. The Bertz CT molecular complexity index is 116. The second-order valence-electron chi connectivity index (χ2n) is 5.12. The van der Waals surface area contributed by atoms with E-state index in [9.17, 15) is 0 Å². The summed E-state index contributed by atoms with van der Waals surface area (Å²) in [5, 5.41) is 0. The summed E-state index contributed by atoms with van der Waals surface area (Å²) >= 11 is 0. The van der Waals surface area contributed by atoms with Gasteiger partial charge >= 0.3 is 0 Å². The first-order chi connectivity index (χ1) is 4.43. The molecule has 0 aromatic rings. The Balaban J connectivity index is 2.39. The van der Waals surface area contributed by atoms with Crippen molar-refractivity contribution in [2.75, 3.05) is 0 Å². The van der Waals surface area contributed by atoms with E-state index in [2.05, 4.69) is 34.6 Å². The van der Waals surface area contributed by atoms with Crippen molar-refractivity contribution in [3.05, 3.63) is 0 Å². The van der Waals surface area contributed by atoms with Gasteiger partial charge in [-0.05, 0) is 29.6 Å². The summed E-state index contributed by atoms with van der Waals surface area (Å²) in [4.78, 5) is 0. The van der Waals surface area contributed by atoms with Crippen LogP contribution in [0.25, 0.3) is 0 Å². The van der Waals surface area contributed by atoms with Gasteiger partial charge in [0, 0.05) is 0 Å². The molecule has 0 N–H and O–H groups in total. The van der Waals surface area contributed by atoms with Gasteiger partial charge in [-0.2, -0.15) is 0 Å². The summed E-state index contributed by atoms with van der Waals surface area (Å²) in [6.07, 6.45) is 1.47. The standard InChI is InChI=1S/C10H20/c1-7(2)8-6-9(8)10(3,4)5/h7-9H,6H2,1-5H3. The Morgan fingerprint density at radius 3 is 1.80 bits per heavy atom. The van der Waals surface area contributed by atoms with Gasteiger partial charge in [0.25, 0.3) is 0 Å². The molecule has 1 saturated carbocycles. The lowest BCUT2D eigenvalue weighted by Gasteiger charge is -2.18. The molecule has 0 aromatic heterocycles. The highest BCUT2D eigenvalue weighted by Crippen LogP contribution is 2.53. The zero-order chi connectivity index (χ0) is 7.94. The highest BCUT2D eigenvalue weighted by Gasteiger charge is 2.46. The molecule has 2 atom stereocenters. The first kappa shape index (κ1) is 8.10. The minimum atomic E-state index is 0.564. The quantitative estimate of drug-likeness (QED) is 0.524. The third kappa shape index (κ3) is 1.53. The maximum absolute atomic E-state index is 2.36. The van der Waals surface area contributed by atoms with Crippen LogP contribution in [0.1, 0.15) is 41.0 Å². The number of hydrogen-bond acceptors (Lipinski definition) is 0. The number of hydrogen-bond donors (Lipinski definition) is 0. The van der Waals surface area contributed by atoms with E-state index in [1.807, 2.05) is 0 Å². The summed E-state index contributed by atoms with van der Waals surface area (Å²) in [6, 6.07) is 0. The van der Waals surface area contributed by atoms with E-state index in [4.69, 9.17) is 0 Å². The zero-order valence-corrected chi connectivity index (χ0v) is 7.94. The molecule has 2 unspecified atom stereocenters. The average Bonchev–Trinajstić information content (AvgIpc) is 2.35. The van der Waals surface area contributed by atoms with Gasteiger partial charge in [-0.3, -0.25) is 0 Å². The maximum atomic E-state index is 2.36. The van der Waals surface area contributed by atoms with Crippen molar-refractivity contribution >= 4 is 0 Å².